The van der Waals surface area contributed by atoms with Crippen LogP contribution in [0, 0.1) is 0 Å². The molecule has 1 saturated carbocycles. The Hall–Kier alpha value is -2.73. The highest BCUT2D eigenvalue weighted by Crippen LogP contribution is 2.35. The monoisotopic (exact) mass is 547 g/mol. The number of nitrogens with zero attached hydrogens (tertiary/aromatic N) is 5. The van der Waals surface area contributed by atoms with Gasteiger partial charge in [-0.1, -0.05) is 12.8 Å². The zero-order chi connectivity index (χ0) is 25.4. The molecule has 3 aromatic rings. The van der Waals surface area contributed by atoms with Crippen LogP contribution in [0.25, 0.3) is 11.0 Å². The average molecular weight is 548 g/mol. The number of carbonyl (C=O) groups is 1. The molecule has 5 rings (SSSR count). The highest BCUT2D eigenvalue weighted by molar-refractivity contribution is 7.89. The van der Waals surface area contributed by atoms with Gasteiger partial charge in [0.1, 0.15) is 11.3 Å². The number of rotatable bonds is 7. The standard InChI is InChI=1S/C25H33N7O3S.ClH/c1-30(2)24(33)22-14-17-15-27-25(29-23(17)32(22)19-6-4-5-7-19)28-18-8-10-21(11-9-18)36(34,35)31(3)20-12-13-26-16-20;/h8-11,14-15,19-20,26H,4-7,12-13,16H2,1-3H3,(H,27,28,29);1H. The number of aromatic nitrogens is 3. The summed E-state index contributed by atoms with van der Waals surface area (Å²) in [5.74, 6) is 0.345. The number of nitrogens with one attached hydrogen (secondary N) is 2. The number of likely N-dealkylation sites (N-methyl/N-ethyl adjacent to an activating group) is 1. The third-order valence-electron chi connectivity index (χ3n) is 7.23. The molecule has 1 saturated heterocycles. The molecule has 200 valence electrons. The molecule has 2 N–H and O–H groups in total. The Bertz CT molecular complexity index is 1360. The lowest BCUT2D eigenvalue weighted by atomic mass is 10.2. The van der Waals surface area contributed by atoms with Crippen molar-refractivity contribution in [3.05, 3.63) is 42.2 Å². The van der Waals surface area contributed by atoms with E-state index in [4.69, 9.17) is 4.98 Å². The van der Waals surface area contributed by atoms with E-state index in [1.807, 2.05) is 6.07 Å². The molecular formula is C25H34ClN7O3S. The van der Waals surface area contributed by atoms with Crippen molar-refractivity contribution in [2.24, 2.45) is 0 Å². The van der Waals surface area contributed by atoms with E-state index in [1.54, 1.807) is 56.5 Å². The molecule has 1 aliphatic heterocycles. The zero-order valence-corrected chi connectivity index (χ0v) is 23.0. The molecule has 2 aliphatic rings. The van der Waals surface area contributed by atoms with Crippen molar-refractivity contribution in [1.29, 1.82) is 0 Å². The summed E-state index contributed by atoms with van der Waals surface area (Å²) >= 11 is 0. The fourth-order valence-corrected chi connectivity index (χ4v) is 6.53. The summed E-state index contributed by atoms with van der Waals surface area (Å²) in [6.07, 6.45) is 6.85. The second kappa shape index (κ2) is 10.9. The summed E-state index contributed by atoms with van der Waals surface area (Å²) in [5, 5.41) is 7.22. The van der Waals surface area contributed by atoms with Crippen LogP contribution in [0.2, 0.25) is 0 Å². The van der Waals surface area contributed by atoms with Gasteiger partial charge < -0.3 is 20.1 Å². The highest BCUT2D eigenvalue weighted by Gasteiger charge is 2.30. The number of amides is 1. The Kier molecular flexibility index (Phi) is 8.08. The van der Waals surface area contributed by atoms with Gasteiger partial charge in [-0.2, -0.15) is 9.29 Å². The minimum Gasteiger partial charge on any atom is -0.343 e. The number of anilines is 2. The first kappa shape index (κ1) is 27.3. The molecule has 0 spiro atoms. The summed E-state index contributed by atoms with van der Waals surface area (Å²) < 4.78 is 29.6. The van der Waals surface area contributed by atoms with Crippen LogP contribution in [0.5, 0.6) is 0 Å². The summed E-state index contributed by atoms with van der Waals surface area (Å²) in [5.41, 5.74) is 2.04. The van der Waals surface area contributed by atoms with E-state index in [0.29, 0.717) is 23.9 Å². The smallest absolute Gasteiger partial charge is 0.270 e. The SMILES string of the molecule is CN(C)C(=O)c1cc2cnc(Nc3ccc(S(=O)(=O)N(C)C4CCNC4)cc3)nc2n1C1CCCC1.Cl. The van der Waals surface area contributed by atoms with Crippen molar-refractivity contribution < 1.29 is 13.2 Å². The minimum absolute atomic E-state index is 0. The first-order valence-electron chi connectivity index (χ1n) is 12.4. The van der Waals surface area contributed by atoms with Gasteiger partial charge in [0.25, 0.3) is 5.91 Å². The lowest BCUT2D eigenvalue weighted by Gasteiger charge is -2.23. The van der Waals surface area contributed by atoms with Crippen LogP contribution in [0.15, 0.2) is 41.4 Å². The predicted molar refractivity (Wildman–Crippen MR) is 146 cm³/mol. The molecule has 2 aromatic heterocycles. The maximum Gasteiger partial charge on any atom is 0.270 e. The van der Waals surface area contributed by atoms with Crippen LogP contribution in [0.3, 0.4) is 0 Å². The quantitative estimate of drug-likeness (QED) is 0.466. The Morgan fingerprint density at radius 1 is 1.11 bits per heavy atom. The maximum atomic E-state index is 13.0. The van der Waals surface area contributed by atoms with Gasteiger partial charge in [0.15, 0.2) is 0 Å². The lowest BCUT2D eigenvalue weighted by molar-refractivity contribution is 0.0815. The molecular weight excluding hydrogens is 514 g/mol. The van der Waals surface area contributed by atoms with Gasteiger partial charge in [0.05, 0.1) is 4.90 Å². The van der Waals surface area contributed by atoms with Gasteiger partial charge in [0, 0.05) is 57.0 Å². The van der Waals surface area contributed by atoms with E-state index >= 15 is 0 Å². The molecule has 1 amide bonds. The van der Waals surface area contributed by atoms with Gasteiger partial charge in [-0.15, -0.1) is 12.4 Å². The van der Waals surface area contributed by atoms with E-state index in [-0.39, 0.29) is 35.3 Å². The second-order valence-corrected chi connectivity index (χ2v) is 11.8. The number of hydrogen-bond acceptors (Lipinski definition) is 7. The van der Waals surface area contributed by atoms with Gasteiger partial charge in [-0.25, -0.2) is 13.4 Å². The molecule has 12 heteroatoms. The van der Waals surface area contributed by atoms with Crippen molar-refractivity contribution in [3.8, 4) is 0 Å². The molecule has 37 heavy (non-hydrogen) atoms. The highest BCUT2D eigenvalue weighted by atomic mass is 35.5. The summed E-state index contributed by atoms with van der Waals surface area (Å²) in [6.45, 7) is 1.49. The van der Waals surface area contributed by atoms with E-state index in [2.05, 4.69) is 20.2 Å². The fourth-order valence-electron chi connectivity index (χ4n) is 5.15. The number of hydrogen-bond donors (Lipinski definition) is 2. The molecule has 10 nitrogen and oxygen atoms in total. The van der Waals surface area contributed by atoms with Crippen LogP contribution in [0.1, 0.15) is 48.6 Å². The van der Waals surface area contributed by atoms with E-state index < -0.39 is 10.0 Å². The number of carbonyl (C=O) groups excluding carboxylic acids is 1. The topological polar surface area (TPSA) is 112 Å². The summed E-state index contributed by atoms with van der Waals surface area (Å²) in [4.78, 5) is 23.9. The largest absolute Gasteiger partial charge is 0.343 e. The Morgan fingerprint density at radius 3 is 2.43 bits per heavy atom. The Balaban J connectivity index is 0.00000320. The van der Waals surface area contributed by atoms with Crippen LogP contribution < -0.4 is 10.6 Å². The molecule has 1 aliphatic carbocycles. The molecule has 1 aromatic carbocycles. The van der Waals surface area contributed by atoms with Crippen LogP contribution in [-0.4, -0.2) is 78.3 Å². The first-order valence-corrected chi connectivity index (χ1v) is 13.8. The summed E-state index contributed by atoms with van der Waals surface area (Å²) in [7, 11) is 1.57. The van der Waals surface area contributed by atoms with Crippen molar-refractivity contribution in [2.45, 2.75) is 49.1 Å². The molecule has 2 fully saturated rings. The number of fused-ring (bicyclic) bond motifs is 1. The minimum atomic E-state index is -3.57. The lowest BCUT2D eigenvalue weighted by Crippen LogP contribution is -2.38. The van der Waals surface area contributed by atoms with Crippen molar-refractivity contribution >= 4 is 51.0 Å². The molecule has 3 heterocycles. The molecule has 1 unspecified atom stereocenters. The molecule has 0 bridgehead atoms. The number of halogens is 1. The van der Waals surface area contributed by atoms with Crippen LogP contribution in [-0.2, 0) is 10.0 Å². The maximum absolute atomic E-state index is 13.0. The third-order valence-corrected chi connectivity index (χ3v) is 9.15. The van der Waals surface area contributed by atoms with Crippen LogP contribution in [0.4, 0.5) is 11.6 Å². The van der Waals surface area contributed by atoms with Gasteiger partial charge in [-0.3, -0.25) is 4.79 Å². The van der Waals surface area contributed by atoms with Gasteiger partial charge in [0.2, 0.25) is 16.0 Å². The predicted octanol–water partition coefficient (Wildman–Crippen LogP) is 3.40. The third kappa shape index (κ3) is 5.31. The van der Waals surface area contributed by atoms with Crippen molar-refractivity contribution in [3.63, 3.8) is 0 Å². The Morgan fingerprint density at radius 2 is 1.81 bits per heavy atom. The molecule has 0 radical (unpaired) electrons. The Labute approximate surface area is 223 Å². The van der Waals surface area contributed by atoms with Crippen molar-refractivity contribution in [2.75, 3.05) is 39.5 Å². The zero-order valence-electron chi connectivity index (χ0n) is 21.3. The average Bonchev–Trinajstić information content (AvgIpc) is 3.64. The fraction of sp³-hybridized carbons (Fsp3) is 0.480. The number of benzene rings is 1. The van der Waals surface area contributed by atoms with E-state index in [1.165, 1.54) is 4.31 Å². The van der Waals surface area contributed by atoms with E-state index in [9.17, 15) is 13.2 Å². The van der Waals surface area contributed by atoms with Gasteiger partial charge in [-0.05, 0) is 56.1 Å². The van der Waals surface area contributed by atoms with E-state index in [0.717, 1.165) is 49.7 Å². The number of sulfonamides is 1. The van der Waals surface area contributed by atoms with Gasteiger partial charge >= 0.3 is 0 Å². The normalized spacial score (nSPS) is 18.3. The van der Waals surface area contributed by atoms with Crippen molar-refractivity contribution in [1.82, 2.24) is 29.1 Å². The first-order chi connectivity index (χ1) is 17.3. The van der Waals surface area contributed by atoms with Crippen LogP contribution >= 0.6 is 12.4 Å². The second-order valence-electron chi connectivity index (χ2n) is 9.83. The molecule has 1 atom stereocenters. The summed E-state index contributed by atoms with van der Waals surface area (Å²) in [6, 6.07) is 8.72.